The van der Waals surface area contributed by atoms with Crippen LogP contribution in [0.3, 0.4) is 0 Å². The van der Waals surface area contributed by atoms with Crippen molar-refractivity contribution in [3.05, 3.63) is 12.3 Å². The maximum Gasteiger partial charge on any atom is 0.280 e. The fraction of sp³-hybridized carbons (Fsp3) is 0.636. The normalized spacial score (nSPS) is 29.2. The summed E-state index contributed by atoms with van der Waals surface area (Å²) < 4.78 is 5.48. The maximum absolute atomic E-state index is 11.8. The van der Waals surface area contributed by atoms with Gasteiger partial charge in [0.1, 0.15) is 6.26 Å². The van der Waals surface area contributed by atoms with Gasteiger partial charge in [-0.3, -0.25) is 4.79 Å². The number of aromatic nitrogens is 1. The molecule has 1 fully saturated rings. The fourth-order valence-corrected chi connectivity index (χ4v) is 2.42. The Kier molecular flexibility index (Phi) is 2.96. The molecule has 0 aromatic carbocycles. The van der Waals surface area contributed by atoms with E-state index >= 15 is 0 Å². The number of rotatable bonds is 3. The van der Waals surface area contributed by atoms with Crippen LogP contribution in [0.15, 0.2) is 16.9 Å². The lowest BCUT2D eigenvalue weighted by Gasteiger charge is -2.28. The number of carbonyl (C=O) groups is 1. The van der Waals surface area contributed by atoms with Crippen LogP contribution in [0.25, 0.3) is 0 Å². The number of hydrogen-bond acceptors (Lipinski definition) is 3. The first-order valence-electron chi connectivity index (χ1n) is 5.61. The molecule has 2 atom stereocenters. The van der Waals surface area contributed by atoms with E-state index in [0.717, 1.165) is 17.6 Å². The number of hydrogen-bond donors (Lipinski definition) is 1. The number of nitrogens with zero attached hydrogens (tertiary/aromatic N) is 2. The van der Waals surface area contributed by atoms with Crippen LogP contribution in [0, 0.1) is 5.92 Å². The molecule has 1 aliphatic rings. The number of nitrogens with one attached hydrogen (secondary N) is 1. The Balaban J connectivity index is 1.88. The van der Waals surface area contributed by atoms with Crippen molar-refractivity contribution in [3.8, 4) is 0 Å². The van der Waals surface area contributed by atoms with Gasteiger partial charge in [-0.1, -0.05) is 12.1 Å². The second-order valence-electron chi connectivity index (χ2n) is 5.01. The lowest BCUT2D eigenvalue weighted by Crippen LogP contribution is -2.47. The Labute approximate surface area is 95.0 Å². The molecule has 16 heavy (non-hydrogen) atoms. The average Bonchev–Trinajstić information content (AvgIpc) is 2.76. The van der Waals surface area contributed by atoms with Crippen LogP contribution in [0.5, 0.6) is 0 Å². The highest BCUT2D eigenvalue weighted by Gasteiger charge is 2.33. The van der Waals surface area contributed by atoms with Gasteiger partial charge in [-0.05, 0) is 0 Å². The smallest absolute Gasteiger partial charge is 0.280 e. The summed E-state index contributed by atoms with van der Waals surface area (Å²) in [6.07, 6.45) is 2.65. The fourth-order valence-electron chi connectivity index (χ4n) is 2.42. The van der Waals surface area contributed by atoms with Gasteiger partial charge in [-0.25, -0.2) is 0 Å². The second kappa shape index (κ2) is 4.25. The van der Waals surface area contributed by atoms with Gasteiger partial charge < -0.3 is 14.3 Å². The second-order valence-corrected chi connectivity index (χ2v) is 5.01. The number of anilines is 1. The predicted octanol–water partition coefficient (Wildman–Crippen LogP) is 1.10. The largest absolute Gasteiger partial charge is 0.363 e. The van der Waals surface area contributed by atoms with Crippen molar-refractivity contribution in [2.75, 3.05) is 32.0 Å². The summed E-state index contributed by atoms with van der Waals surface area (Å²) in [5.41, 5.74) is 0. The van der Waals surface area contributed by atoms with Crippen molar-refractivity contribution < 1.29 is 13.8 Å². The summed E-state index contributed by atoms with van der Waals surface area (Å²) in [6.45, 7) is 4.90. The molecule has 1 N–H and O–H groups in total. The van der Waals surface area contributed by atoms with Gasteiger partial charge >= 0.3 is 0 Å². The van der Waals surface area contributed by atoms with Crippen LogP contribution in [0.1, 0.15) is 13.3 Å². The van der Waals surface area contributed by atoms with Gasteiger partial charge in [0.15, 0.2) is 12.4 Å². The van der Waals surface area contributed by atoms with E-state index in [9.17, 15) is 4.79 Å². The molecule has 5 nitrogen and oxygen atoms in total. The number of likely N-dealkylation sites (tertiary alicyclic amines) is 1. The zero-order valence-electron chi connectivity index (χ0n) is 9.77. The first kappa shape index (κ1) is 11.1. The summed E-state index contributed by atoms with van der Waals surface area (Å²) >= 11 is 0. The molecule has 1 unspecified atom stereocenters. The minimum absolute atomic E-state index is 0.00509. The molecular weight excluding hydrogens is 206 g/mol. The molecular formula is C11H18N3O2+. The first-order valence-corrected chi connectivity index (χ1v) is 5.61. The third kappa shape index (κ3) is 2.61. The van der Waals surface area contributed by atoms with Crippen molar-refractivity contribution in [1.29, 1.82) is 0 Å². The quantitative estimate of drug-likeness (QED) is 0.782. The highest BCUT2D eigenvalue weighted by molar-refractivity contribution is 5.90. The van der Waals surface area contributed by atoms with Crippen LogP contribution in [-0.2, 0) is 4.79 Å². The highest BCUT2D eigenvalue weighted by atomic mass is 16.5. The number of quaternary nitrogens is 1. The zero-order valence-corrected chi connectivity index (χ0v) is 9.77. The molecule has 0 saturated carbocycles. The molecule has 5 heteroatoms. The molecule has 1 aromatic heterocycles. The number of likely N-dealkylation sites (N-methyl/N-ethyl adjacent to an activating group) is 1. The van der Waals surface area contributed by atoms with Gasteiger partial charge in [0.05, 0.1) is 20.1 Å². The van der Waals surface area contributed by atoms with E-state index in [0.29, 0.717) is 18.3 Å². The van der Waals surface area contributed by atoms with Crippen LogP contribution >= 0.6 is 0 Å². The summed E-state index contributed by atoms with van der Waals surface area (Å²) in [5, 5.41) is 6.38. The Morgan fingerprint density at radius 3 is 3.12 bits per heavy atom. The standard InChI is InChI=1S/C11H17N3O2/c1-9-3-5-14(2,7-9)8-11(15)12-10-4-6-16-13-10/h4,6,9H,3,5,7-8H2,1-2H3/p+1/t9-,14?/m1/s1. The molecule has 1 aliphatic heterocycles. The molecule has 2 rings (SSSR count). The van der Waals surface area contributed by atoms with E-state index in [1.807, 2.05) is 0 Å². The van der Waals surface area contributed by atoms with Crippen molar-refractivity contribution in [2.24, 2.45) is 5.92 Å². The maximum atomic E-state index is 11.8. The minimum atomic E-state index is 0.00509. The number of carbonyl (C=O) groups excluding carboxylic acids is 1. The third-order valence-corrected chi connectivity index (χ3v) is 3.14. The molecule has 0 bridgehead atoms. The van der Waals surface area contributed by atoms with Crippen molar-refractivity contribution in [3.63, 3.8) is 0 Å². The predicted molar refractivity (Wildman–Crippen MR) is 59.7 cm³/mol. The number of amides is 1. The summed E-state index contributed by atoms with van der Waals surface area (Å²) in [6, 6.07) is 1.64. The van der Waals surface area contributed by atoms with Crippen molar-refractivity contribution >= 4 is 11.7 Å². The van der Waals surface area contributed by atoms with Crippen LogP contribution in [0.2, 0.25) is 0 Å². The first-order chi connectivity index (χ1) is 7.57. The lowest BCUT2D eigenvalue weighted by atomic mass is 10.2. The molecule has 0 radical (unpaired) electrons. The van der Waals surface area contributed by atoms with Crippen LogP contribution in [0.4, 0.5) is 5.82 Å². The van der Waals surface area contributed by atoms with E-state index in [2.05, 4.69) is 29.0 Å². The van der Waals surface area contributed by atoms with Gasteiger partial charge in [0.2, 0.25) is 0 Å². The van der Waals surface area contributed by atoms with Gasteiger partial charge in [-0.2, -0.15) is 0 Å². The lowest BCUT2D eigenvalue weighted by molar-refractivity contribution is -0.891. The van der Waals surface area contributed by atoms with Gasteiger partial charge in [0, 0.05) is 18.4 Å². The van der Waals surface area contributed by atoms with E-state index in [4.69, 9.17) is 0 Å². The molecule has 1 saturated heterocycles. The Bertz CT molecular complexity index is 363. The minimum Gasteiger partial charge on any atom is -0.363 e. The van der Waals surface area contributed by atoms with Crippen molar-refractivity contribution in [1.82, 2.24) is 5.16 Å². The molecule has 88 valence electrons. The molecule has 0 aliphatic carbocycles. The monoisotopic (exact) mass is 224 g/mol. The van der Waals surface area contributed by atoms with E-state index in [1.165, 1.54) is 12.7 Å². The highest BCUT2D eigenvalue weighted by Crippen LogP contribution is 2.21. The summed E-state index contributed by atoms with van der Waals surface area (Å²) in [7, 11) is 2.13. The van der Waals surface area contributed by atoms with Gasteiger partial charge in [-0.15, -0.1) is 0 Å². The third-order valence-electron chi connectivity index (χ3n) is 3.14. The summed E-state index contributed by atoms with van der Waals surface area (Å²) in [4.78, 5) is 11.8. The van der Waals surface area contributed by atoms with E-state index in [1.54, 1.807) is 6.07 Å². The van der Waals surface area contributed by atoms with Crippen LogP contribution < -0.4 is 5.32 Å². The molecule has 2 heterocycles. The van der Waals surface area contributed by atoms with Crippen molar-refractivity contribution in [2.45, 2.75) is 13.3 Å². The summed E-state index contributed by atoms with van der Waals surface area (Å²) in [5.74, 6) is 1.21. The SMILES string of the molecule is C[C@@H]1CC[N+](C)(CC(=O)Nc2ccon2)C1. The molecule has 1 amide bonds. The Hall–Kier alpha value is -1.36. The van der Waals surface area contributed by atoms with E-state index in [-0.39, 0.29) is 5.91 Å². The zero-order chi connectivity index (χ0) is 11.6. The average molecular weight is 224 g/mol. The Morgan fingerprint density at radius 2 is 2.56 bits per heavy atom. The topological polar surface area (TPSA) is 55.1 Å². The molecule has 0 spiro atoms. The Morgan fingerprint density at radius 1 is 1.75 bits per heavy atom. The molecule has 1 aromatic rings. The van der Waals surface area contributed by atoms with E-state index < -0.39 is 0 Å². The van der Waals surface area contributed by atoms with Gasteiger partial charge in [0.25, 0.3) is 5.91 Å². The van der Waals surface area contributed by atoms with Crippen LogP contribution in [-0.4, -0.2) is 42.2 Å².